The zero-order valence-electron chi connectivity index (χ0n) is 12.7. The molecule has 0 N–H and O–H groups in total. The molecule has 1 aliphatic rings. The van der Waals surface area contributed by atoms with Gasteiger partial charge in [-0.2, -0.15) is 0 Å². The number of carbonyl (C=O) groups is 1. The first-order valence-electron chi connectivity index (χ1n) is 7.86. The van der Waals surface area contributed by atoms with Crippen LogP contribution in [0, 0.1) is 5.82 Å². The molecule has 0 aliphatic carbocycles. The molecule has 1 saturated heterocycles. The van der Waals surface area contributed by atoms with Gasteiger partial charge in [-0.05, 0) is 50.6 Å². The molecule has 21 heavy (non-hydrogen) atoms. The molecule has 0 radical (unpaired) electrons. The second-order valence-corrected chi connectivity index (χ2v) is 5.53. The van der Waals surface area contributed by atoms with Crippen LogP contribution in [-0.2, 0) is 9.53 Å². The van der Waals surface area contributed by atoms with Crippen LogP contribution in [0.5, 0.6) is 0 Å². The standard InChI is InChI=1S/C17H24FNO2/c1-2-21-17(20)13-16(14-8-7-9-15(18)12-14)19-10-5-3-4-6-11-19/h7-9,12,16H,2-6,10-11,13H2,1H3. The van der Waals surface area contributed by atoms with Gasteiger partial charge in [0.1, 0.15) is 5.82 Å². The predicted octanol–water partition coefficient (Wildman–Crippen LogP) is 3.70. The number of hydrogen-bond acceptors (Lipinski definition) is 3. The molecule has 0 bridgehead atoms. The van der Waals surface area contributed by atoms with Crippen molar-refractivity contribution in [3.8, 4) is 0 Å². The van der Waals surface area contributed by atoms with Crippen molar-refractivity contribution in [1.82, 2.24) is 4.90 Å². The highest BCUT2D eigenvalue weighted by Gasteiger charge is 2.25. The molecule has 0 aromatic heterocycles. The van der Waals surface area contributed by atoms with Crippen LogP contribution in [0.4, 0.5) is 4.39 Å². The van der Waals surface area contributed by atoms with Gasteiger partial charge < -0.3 is 4.74 Å². The minimum atomic E-state index is -0.254. The number of halogens is 1. The average molecular weight is 293 g/mol. The van der Waals surface area contributed by atoms with Crippen molar-refractivity contribution < 1.29 is 13.9 Å². The Morgan fingerprint density at radius 1 is 1.29 bits per heavy atom. The predicted molar refractivity (Wildman–Crippen MR) is 80.4 cm³/mol. The van der Waals surface area contributed by atoms with E-state index in [0.29, 0.717) is 6.61 Å². The van der Waals surface area contributed by atoms with Crippen molar-refractivity contribution in [2.24, 2.45) is 0 Å². The summed E-state index contributed by atoms with van der Waals surface area (Å²) >= 11 is 0. The lowest BCUT2D eigenvalue weighted by Gasteiger charge is -2.30. The second-order valence-electron chi connectivity index (χ2n) is 5.53. The Kier molecular flexibility index (Phi) is 6.18. The SMILES string of the molecule is CCOC(=O)CC(c1cccc(F)c1)N1CCCCCC1. The van der Waals surface area contributed by atoms with Crippen molar-refractivity contribution in [2.75, 3.05) is 19.7 Å². The molecule has 0 spiro atoms. The normalized spacial score (nSPS) is 18.0. The summed E-state index contributed by atoms with van der Waals surface area (Å²) in [6, 6.07) is 6.50. The highest BCUT2D eigenvalue weighted by atomic mass is 19.1. The molecule has 1 atom stereocenters. The van der Waals surface area contributed by atoms with Gasteiger partial charge >= 0.3 is 5.97 Å². The van der Waals surface area contributed by atoms with Crippen molar-refractivity contribution in [3.63, 3.8) is 0 Å². The Morgan fingerprint density at radius 2 is 2.00 bits per heavy atom. The van der Waals surface area contributed by atoms with E-state index in [1.54, 1.807) is 13.0 Å². The van der Waals surface area contributed by atoms with Gasteiger partial charge in [0, 0.05) is 6.04 Å². The highest BCUT2D eigenvalue weighted by molar-refractivity contribution is 5.70. The molecule has 0 saturated carbocycles. The van der Waals surface area contributed by atoms with Gasteiger partial charge in [-0.25, -0.2) is 4.39 Å². The minimum Gasteiger partial charge on any atom is -0.466 e. The Balaban J connectivity index is 2.18. The van der Waals surface area contributed by atoms with Crippen LogP contribution in [0.1, 0.15) is 50.6 Å². The molecule has 1 fully saturated rings. The molecule has 1 aromatic rings. The third-order valence-electron chi connectivity index (χ3n) is 3.98. The van der Waals surface area contributed by atoms with Crippen molar-refractivity contribution in [3.05, 3.63) is 35.6 Å². The number of hydrogen-bond donors (Lipinski definition) is 0. The van der Waals surface area contributed by atoms with E-state index in [1.165, 1.54) is 25.0 Å². The van der Waals surface area contributed by atoms with Gasteiger partial charge in [-0.15, -0.1) is 0 Å². The third-order valence-corrected chi connectivity index (χ3v) is 3.98. The molecular weight excluding hydrogens is 269 g/mol. The number of esters is 1. The van der Waals surface area contributed by atoms with Crippen LogP contribution >= 0.6 is 0 Å². The third kappa shape index (κ3) is 4.81. The molecule has 116 valence electrons. The number of likely N-dealkylation sites (tertiary alicyclic amines) is 1. The lowest BCUT2D eigenvalue weighted by Crippen LogP contribution is -2.32. The highest BCUT2D eigenvalue weighted by Crippen LogP contribution is 2.28. The number of nitrogens with zero attached hydrogens (tertiary/aromatic N) is 1. The van der Waals surface area contributed by atoms with E-state index >= 15 is 0 Å². The quantitative estimate of drug-likeness (QED) is 0.775. The van der Waals surface area contributed by atoms with E-state index in [1.807, 2.05) is 6.07 Å². The average Bonchev–Trinajstić information content (AvgIpc) is 2.74. The van der Waals surface area contributed by atoms with Crippen molar-refractivity contribution in [1.29, 1.82) is 0 Å². The first-order chi connectivity index (χ1) is 10.2. The molecule has 4 heteroatoms. The smallest absolute Gasteiger partial charge is 0.307 e. The summed E-state index contributed by atoms with van der Waals surface area (Å²) in [5.41, 5.74) is 0.866. The summed E-state index contributed by atoms with van der Waals surface area (Å²) in [7, 11) is 0. The van der Waals surface area contributed by atoms with Gasteiger partial charge in [0.2, 0.25) is 0 Å². The number of rotatable bonds is 5. The Morgan fingerprint density at radius 3 is 2.62 bits per heavy atom. The lowest BCUT2D eigenvalue weighted by molar-refractivity contribution is -0.144. The van der Waals surface area contributed by atoms with Crippen LogP contribution in [-0.4, -0.2) is 30.6 Å². The van der Waals surface area contributed by atoms with Crippen LogP contribution < -0.4 is 0 Å². The van der Waals surface area contributed by atoms with Gasteiger partial charge in [0.15, 0.2) is 0 Å². The maximum atomic E-state index is 13.5. The van der Waals surface area contributed by atoms with Crippen molar-refractivity contribution >= 4 is 5.97 Å². The van der Waals surface area contributed by atoms with Gasteiger partial charge in [-0.3, -0.25) is 9.69 Å². The molecule has 1 heterocycles. The maximum absolute atomic E-state index is 13.5. The first-order valence-corrected chi connectivity index (χ1v) is 7.86. The molecule has 1 unspecified atom stereocenters. The fourth-order valence-corrected chi connectivity index (χ4v) is 2.96. The lowest BCUT2D eigenvalue weighted by atomic mass is 10.0. The molecular formula is C17H24FNO2. The molecule has 1 aromatic carbocycles. The summed E-state index contributed by atoms with van der Waals surface area (Å²) < 4.78 is 18.6. The largest absolute Gasteiger partial charge is 0.466 e. The van der Waals surface area contributed by atoms with Gasteiger partial charge in [0.25, 0.3) is 0 Å². The summed E-state index contributed by atoms with van der Waals surface area (Å²) in [4.78, 5) is 14.2. The van der Waals surface area contributed by atoms with E-state index in [9.17, 15) is 9.18 Å². The van der Waals surface area contributed by atoms with E-state index in [-0.39, 0.29) is 24.2 Å². The van der Waals surface area contributed by atoms with E-state index in [0.717, 1.165) is 31.5 Å². The minimum absolute atomic E-state index is 0.0853. The Hall–Kier alpha value is -1.42. The fourth-order valence-electron chi connectivity index (χ4n) is 2.96. The summed E-state index contributed by atoms with van der Waals surface area (Å²) in [5.74, 6) is -0.466. The Labute approximate surface area is 126 Å². The fraction of sp³-hybridized carbons (Fsp3) is 0.588. The Bertz CT molecular complexity index is 456. The summed E-state index contributed by atoms with van der Waals surface area (Å²) in [6.45, 7) is 4.11. The number of benzene rings is 1. The molecule has 2 rings (SSSR count). The zero-order chi connectivity index (χ0) is 15.1. The second kappa shape index (κ2) is 8.13. The maximum Gasteiger partial charge on any atom is 0.307 e. The molecule has 0 amide bonds. The number of carbonyl (C=O) groups excluding carboxylic acids is 1. The van der Waals surface area contributed by atoms with E-state index in [2.05, 4.69) is 4.90 Å². The van der Waals surface area contributed by atoms with Crippen molar-refractivity contribution in [2.45, 2.75) is 45.1 Å². The van der Waals surface area contributed by atoms with Crippen LogP contribution in [0.3, 0.4) is 0 Å². The van der Waals surface area contributed by atoms with Crippen LogP contribution in [0.25, 0.3) is 0 Å². The van der Waals surface area contributed by atoms with Crippen LogP contribution in [0.2, 0.25) is 0 Å². The summed E-state index contributed by atoms with van der Waals surface area (Å²) in [5, 5.41) is 0. The van der Waals surface area contributed by atoms with Gasteiger partial charge in [0.05, 0.1) is 13.0 Å². The summed E-state index contributed by atoms with van der Waals surface area (Å²) in [6.07, 6.45) is 5.01. The molecule has 3 nitrogen and oxygen atoms in total. The zero-order valence-corrected chi connectivity index (χ0v) is 12.7. The molecule has 1 aliphatic heterocycles. The van der Waals surface area contributed by atoms with E-state index < -0.39 is 0 Å². The van der Waals surface area contributed by atoms with Gasteiger partial charge in [-0.1, -0.05) is 25.0 Å². The first kappa shape index (κ1) is 16.0. The van der Waals surface area contributed by atoms with Crippen LogP contribution in [0.15, 0.2) is 24.3 Å². The van der Waals surface area contributed by atoms with E-state index in [4.69, 9.17) is 4.74 Å². The monoisotopic (exact) mass is 293 g/mol. The topological polar surface area (TPSA) is 29.5 Å². The number of ether oxygens (including phenoxy) is 1.